The van der Waals surface area contributed by atoms with Gasteiger partial charge in [0.25, 0.3) is 5.91 Å². The quantitative estimate of drug-likeness (QED) is 0.676. The maximum atomic E-state index is 13.2. The van der Waals surface area contributed by atoms with E-state index in [1.54, 1.807) is 4.68 Å². The summed E-state index contributed by atoms with van der Waals surface area (Å²) in [7, 11) is 0. The van der Waals surface area contributed by atoms with Crippen molar-refractivity contribution in [1.82, 2.24) is 24.8 Å². The minimum absolute atomic E-state index is 0.0367. The number of benzene rings is 1. The second-order valence-electron chi connectivity index (χ2n) is 7.70. The van der Waals surface area contributed by atoms with Crippen LogP contribution in [-0.2, 0) is 17.8 Å². The Bertz CT molecular complexity index is 894. The molecule has 0 aliphatic carbocycles. The Balaban J connectivity index is 1.61. The summed E-state index contributed by atoms with van der Waals surface area (Å²) >= 11 is 0. The highest BCUT2D eigenvalue weighted by Crippen LogP contribution is 2.23. The summed E-state index contributed by atoms with van der Waals surface area (Å²) in [4.78, 5) is 29.6. The molecule has 4 bridgehead atoms. The van der Waals surface area contributed by atoms with Gasteiger partial charge in [-0.1, -0.05) is 16.8 Å². The first-order valence-corrected chi connectivity index (χ1v) is 10.3. The second-order valence-corrected chi connectivity index (χ2v) is 7.70. The maximum Gasteiger partial charge on any atom is 0.257 e. The van der Waals surface area contributed by atoms with Crippen LogP contribution >= 0.6 is 0 Å². The van der Waals surface area contributed by atoms with E-state index in [-0.39, 0.29) is 11.8 Å². The minimum atomic E-state index is -0.0367. The van der Waals surface area contributed by atoms with E-state index in [0.717, 1.165) is 30.5 Å². The molecule has 0 saturated carbocycles. The van der Waals surface area contributed by atoms with Crippen molar-refractivity contribution in [3.8, 4) is 5.75 Å². The lowest BCUT2D eigenvalue weighted by Crippen LogP contribution is -2.37. The van der Waals surface area contributed by atoms with Gasteiger partial charge in [0.05, 0.1) is 17.8 Å². The number of nitrogens with zero attached hydrogens (tertiary/aromatic N) is 5. The molecule has 1 aromatic heterocycles. The molecule has 154 valence electrons. The molecule has 0 unspecified atom stereocenters. The first kappa shape index (κ1) is 19.4. The first-order valence-electron chi connectivity index (χ1n) is 10.3. The van der Waals surface area contributed by atoms with Gasteiger partial charge >= 0.3 is 0 Å². The highest BCUT2D eigenvalue weighted by molar-refractivity contribution is 5.97. The van der Waals surface area contributed by atoms with Gasteiger partial charge in [0.2, 0.25) is 5.91 Å². The van der Waals surface area contributed by atoms with Gasteiger partial charge in [-0.2, -0.15) is 0 Å². The smallest absolute Gasteiger partial charge is 0.257 e. The zero-order chi connectivity index (χ0) is 20.2. The molecular formula is C21H27N5O3. The highest BCUT2D eigenvalue weighted by atomic mass is 16.5. The summed E-state index contributed by atoms with van der Waals surface area (Å²) < 4.78 is 7.70. The lowest BCUT2D eigenvalue weighted by molar-refractivity contribution is -0.131. The number of aryl methyl sites for hydroxylation is 2. The zero-order valence-electron chi connectivity index (χ0n) is 16.8. The van der Waals surface area contributed by atoms with Gasteiger partial charge in [0.1, 0.15) is 12.4 Å². The number of aromatic nitrogens is 3. The third-order valence-electron chi connectivity index (χ3n) is 5.49. The Morgan fingerprint density at radius 1 is 0.966 bits per heavy atom. The third kappa shape index (κ3) is 4.58. The summed E-state index contributed by atoms with van der Waals surface area (Å²) in [5, 5.41) is 8.32. The van der Waals surface area contributed by atoms with E-state index in [0.29, 0.717) is 57.1 Å². The normalized spacial score (nSPS) is 18.8. The number of amides is 2. The van der Waals surface area contributed by atoms with Gasteiger partial charge in [0, 0.05) is 38.8 Å². The van der Waals surface area contributed by atoms with E-state index in [9.17, 15) is 9.59 Å². The molecule has 1 saturated heterocycles. The van der Waals surface area contributed by atoms with Crippen molar-refractivity contribution in [1.29, 1.82) is 0 Å². The largest absolute Gasteiger partial charge is 0.491 e. The molecule has 0 N–H and O–H groups in total. The number of ether oxygens (including phenoxy) is 1. The number of hydrogen-bond donors (Lipinski definition) is 0. The monoisotopic (exact) mass is 397 g/mol. The van der Waals surface area contributed by atoms with Crippen LogP contribution in [0.2, 0.25) is 0 Å². The molecular weight excluding hydrogens is 370 g/mol. The Labute approximate surface area is 170 Å². The molecule has 4 rings (SSSR count). The SMILES string of the molecule is Cc1ccc2c(c1)C(=O)N1CCCN(CC1)C(=O)CCCc1cn(nn1)CCO2. The fourth-order valence-corrected chi connectivity index (χ4v) is 3.87. The van der Waals surface area contributed by atoms with Crippen molar-refractivity contribution in [2.24, 2.45) is 0 Å². The zero-order valence-corrected chi connectivity index (χ0v) is 16.8. The average molecular weight is 397 g/mol. The summed E-state index contributed by atoms with van der Waals surface area (Å²) in [5.74, 6) is 0.698. The van der Waals surface area contributed by atoms with Crippen LogP contribution in [0.5, 0.6) is 5.75 Å². The van der Waals surface area contributed by atoms with Crippen molar-refractivity contribution in [2.45, 2.75) is 39.2 Å². The second kappa shape index (κ2) is 8.63. The first-order chi connectivity index (χ1) is 14.1. The Hall–Kier alpha value is -2.90. The molecule has 1 fully saturated rings. The summed E-state index contributed by atoms with van der Waals surface area (Å²) in [6.45, 7) is 5.37. The lowest BCUT2D eigenvalue weighted by atomic mass is 10.1. The van der Waals surface area contributed by atoms with Crippen LogP contribution in [0.1, 0.15) is 40.9 Å². The van der Waals surface area contributed by atoms with E-state index >= 15 is 0 Å². The van der Waals surface area contributed by atoms with Crippen molar-refractivity contribution >= 4 is 11.8 Å². The van der Waals surface area contributed by atoms with E-state index in [1.807, 2.05) is 41.1 Å². The summed E-state index contributed by atoms with van der Waals surface area (Å²) in [6, 6.07) is 5.69. The van der Waals surface area contributed by atoms with Crippen LogP contribution in [-0.4, -0.2) is 69.4 Å². The topological polar surface area (TPSA) is 80.6 Å². The van der Waals surface area contributed by atoms with Crippen LogP contribution in [0.3, 0.4) is 0 Å². The number of carbonyl (C=O) groups excluding carboxylic acids is 2. The molecule has 0 atom stereocenters. The Morgan fingerprint density at radius 2 is 1.79 bits per heavy atom. The molecule has 3 heterocycles. The van der Waals surface area contributed by atoms with E-state index in [2.05, 4.69) is 10.3 Å². The minimum Gasteiger partial charge on any atom is -0.491 e. The van der Waals surface area contributed by atoms with Crippen LogP contribution in [0, 0.1) is 6.92 Å². The molecule has 8 nitrogen and oxygen atoms in total. The van der Waals surface area contributed by atoms with E-state index in [4.69, 9.17) is 4.74 Å². The standard InChI is InChI=1S/C21H27N5O3/c1-16-6-7-19-18(14-16)21(28)25-9-3-8-24(10-11-25)20(27)5-2-4-17-15-26(23-22-17)12-13-29-19/h6-7,14-15H,2-5,8-13H2,1H3. The number of carbonyl (C=O) groups is 2. The number of rotatable bonds is 0. The Morgan fingerprint density at radius 3 is 2.69 bits per heavy atom. The predicted octanol–water partition coefficient (Wildman–Crippen LogP) is 1.68. The van der Waals surface area contributed by atoms with Gasteiger partial charge in [-0.05, 0) is 38.3 Å². The summed E-state index contributed by atoms with van der Waals surface area (Å²) in [6.07, 6.45) is 4.65. The van der Waals surface area contributed by atoms with Crippen molar-refractivity contribution in [2.75, 3.05) is 32.8 Å². The highest BCUT2D eigenvalue weighted by Gasteiger charge is 2.25. The van der Waals surface area contributed by atoms with E-state index < -0.39 is 0 Å². The van der Waals surface area contributed by atoms with Crippen molar-refractivity contribution in [3.63, 3.8) is 0 Å². The van der Waals surface area contributed by atoms with Gasteiger partial charge in [-0.15, -0.1) is 5.10 Å². The lowest BCUT2D eigenvalue weighted by Gasteiger charge is -2.23. The van der Waals surface area contributed by atoms with Crippen LogP contribution in [0.15, 0.2) is 24.4 Å². The molecule has 2 aliphatic heterocycles. The molecule has 1 aromatic carbocycles. The maximum absolute atomic E-state index is 13.2. The van der Waals surface area contributed by atoms with Gasteiger partial charge < -0.3 is 14.5 Å². The molecule has 8 heteroatoms. The molecule has 29 heavy (non-hydrogen) atoms. The van der Waals surface area contributed by atoms with Crippen LogP contribution < -0.4 is 4.74 Å². The molecule has 2 aliphatic rings. The van der Waals surface area contributed by atoms with Crippen molar-refractivity contribution in [3.05, 3.63) is 41.2 Å². The van der Waals surface area contributed by atoms with Crippen molar-refractivity contribution < 1.29 is 14.3 Å². The molecule has 2 aromatic rings. The van der Waals surface area contributed by atoms with Gasteiger partial charge in [-0.25, -0.2) is 4.68 Å². The Kier molecular flexibility index (Phi) is 5.78. The average Bonchev–Trinajstić information content (AvgIpc) is 3.01. The van der Waals surface area contributed by atoms with Gasteiger partial charge in [0.15, 0.2) is 0 Å². The molecule has 0 radical (unpaired) electrons. The third-order valence-corrected chi connectivity index (χ3v) is 5.49. The predicted molar refractivity (Wildman–Crippen MR) is 107 cm³/mol. The number of hydrogen-bond acceptors (Lipinski definition) is 5. The summed E-state index contributed by atoms with van der Waals surface area (Å²) in [5.41, 5.74) is 2.47. The van der Waals surface area contributed by atoms with Gasteiger partial charge in [-0.3, -0.25) is 9.59 Å². The van der Waals surface area contributed by atoms with Crippen LogP contribution in [0.4, 0.5) is 0 Å². The molecule has 2 amide bonds. The fraction of sp³-hybridized carbons (Fsp3) is 0.524. The molecule has 0 spiro atoms. The van der Waals surface area contributed by atoms with Crippen LogP contribution in [0.25, 0.3) is 0 Å². The fourth-order valence-electron chi connectivity index (χ4n) is 3.87. The van der Waals surface area contributed by atoms with E-state index in [1.165, 1.54) is 0 Å². The number of fused-ring (bicyclic) bond motifs is 6.